The number of hydrogen-bond donors (Lipinski definition) is 2. The van der Waals surface area contributed by atoms with Crippen LogP contribution in [0.4, 0.5) is 0 Å². The molecule has 1 fully saturated rings. The molecule has 98 valence electrons. The molecule has 0 radical (unpaired) electrons. The molecule has 4 nitrogen and oxygen atoms in total. The van der Waals surface area contributed by atoms with E-state index in [-0.39, 0.29) is 0 Å². The molecule has 0 aliphatic carbocycles. The third kappa shape index (κ3) is 3.31. The highest BCUT2D eigenvalue weighted by Crippen LogP contribution is 2.10. The minimum Gasteiger partial charge on any atom is -0.478 e. The maximum Gasteiger partial charge on any atom is 0.335 e. The van der Waals surface area contributed by atoms with E-state index >= 15 is 0 Å². The zero-order valence-corrected chi connectivity index (χ0v) is 10.7. The quantitative estimate of drug-likeness (QED) is 0.849. The van der Waals surface area contributed by atoms with E-state index < -0.39 is 5.97 Å². The number of carbonyl (C=O) groups is 1. The van der Waals surface area contributed by atoms with Gasteiger partial charge in [-0.05, 0) is 24.1 Å². The van der Waals surface area contributed by atoms with Crippen molar-refractivity contribution in [1.29, 1.82) is 0 Å². The summed E-state index contributed by atoms with van der Waals surface area (Å²) in [7, 11) is 0. The van der Waals surface area contributed by atoms with Crippen LogP contribution in [-0.4, -0.2) is 41.7 Å². The Balaban J connectivity index is 1.94. The molecule has 1 heterocycles. The minimum absolute atomic E-state index is 0.352. The molecule has 0 bridgehead atoms. The fourth-order valence-corrected chi connectivity index (χ4v) is 2.32. The van der Waals surface area contributed by atoms with Gasteiger partial charge in [0.15, 0.2) is 0 Å². The summed E-state index contributed by atoms with van der Waals surface area (Å²) < 4.78 is 0. The Kier molecular flexibility index (Phi) is 4.33. The van der Waals surface area contributed by atoms with Crippen LogP contribution in [0.3, 0.4) is 0 Å². The Bertz CT molecular complexity index is 403. The van der Waals surface area contributed by atoms with E-state index in [1.54, 1.807) is 12.1 Å². The average Bonchev–Trinajstić information content (AvgIpc) is 2.39. The highest BCUT2D eigenvalue weighted by Gasteiger charge is 2.17. The largest absolute Gasteiger partial charge is 0.478 e. The molecule has 1 unspecified atom stereocenters. The Hall–Kier alpha value is -1.39. The van der Waals surface area contributed by atoms with E-state index in [1.165, 1.54) is 5.56 Å². The van der Waals surface area contributed by atoms with Crippen molar-refractivity contribution in [2.45, 2.75) is 25.9 Å². The van der Waals surface area contributed by atoms with Crippen LogP contribution in [0.1, 0.15) is 29.3 Å². The summed E-state index contributed by atoms with van der Waals surface area (Å²) >= 11 is 0. The van der Waals surface area contributed by atoms with Crippen LogP contribution in [0.2, 0.25) is 0 Å². The number of benzene rings is 1. The summed E-state index contributed by atoms with van der Waals surface area (Å²) in [5.41, 5.74) is 1.53. The second-order valence-electron chi connectivity index (χ2n) is 4.80. The SMILES string of the molecule is CCC1CN(Cc2ccc(C(=O)O)cc2)CCN1. The third-order valence-electron chi connectivity index (χ3n) is 3.44. The first-order chi connectivity index (χ1) is 8.69. The van der Waals surface area contributed by atoms with Crippen molar-refractivity contribution in [2.24, 2.45) is 0 Å². The van der Waals surface area contributed by atoms with E-state index in [4.69, 9.17) is 5.11 Å². The van der Waals surface area contributed by atoms with Gasteiger partial charge in [0.25, 0.3) is 0 Å². The molecule has 0 spiro atoms. The van der Waals surface area contributed by atoms with Crippen molar-refractivity contribution in [3.63, 3.8) is 0 Å². The van der Waals surface area contributed by atoms with E-state index in [0.717, 1.165) is 32.6 Å². The normalized spacial score (nSPS) is 20.8. The highest BCUT2D eigenvalue weighted by molar-refractivity contribution is 5.87. The Labute approximate surface area is 108 Å². The Morgan fingerprint density at radius 1 is 1.44 bits per heavy atom. The predicted molar refractivity (Wildman–Crippen MR) is 70.8 cm³/mol. The van der Waals surface area contributed by atoms with Crippen molar-refractivity contribution in [3.8, 4) is 0 Å². The molecule has 1 aromatic carbocycles. The number of nitrogens with one attached hydrogen (secondary N) is 1. The van der Waals surface area contributed by atoms with Crippen molar-refractivity contribution < 1.29 is 9.90 Å². The smallest absolute Gasteiger partial charge is 0.335 e. The maximum absolute atomic E-state index is 10.8. The third-order valence-corrected chi connectivity index (χ3v) is 3.44. The van der Waals surface area contributed by atoms with Gasteiger partial charge in [0.2, 0.25) is 0 Å². The molecular formula is C14H20N2O2. The van der Waals surface area contributed by atoms with Crippen LogP contribution in [0.25, 0.3) is 0 Å². The second-order valence-corrected chi connectivity index (χ2v) is 4.80. The summed E-state index contributed by atoms with van der Waals surface area (Å²) in [6.07, 6.45) is 1.15. The zero-order chi connectivity index (χ0) is 13.0. The number of hydrogen-bond acceptors (Lipinski definition) is 3. The van der Waals surface area contributed by atoms with Gasteiger partial charge in [-0.25, -0.2) is 4.79 Å². The molecule has 0 aromatic heterocycles. The van der Waals surface area contributed by atoms with Crippen LogP contribution >= 0.6 is 0 Å². The van der Waals surface area contributed by atoms with E-state index in [1.807, 2.05) is 12.1 Å². The predicted octanol–water partition coefficient (Wildman–Crippen LogP) is 1.57. The fraction of sp³-hybridized carbons (Fsp3) is 0.500. The van der Waals surface area contributed by atoms with Crippen LogP contribution < -0.4 is 5.32 Å². The Morgan fingerprint density at radius 3 is 2.78 bits per heavy atom. The highest BCUT2D eigenvalue weighted by atomic mass is 16.4. The second kappa shape index (κ2) is 5.98. The molecule has 0 amide bonds. The molecule has 2 rings (SSSR count). The molecule has 1 aliphatic heterocycles. The van der Waals surface area contributed by atoms with Gasteiger partial charge in [-0.15, -0.1) is 0 Å². The molecule has 4 heteroatoms. The lowest BCUT2D eigenvalue weighted by molar-refractivity contribution is 0.0697. The summed E-state index contributed by atoms with van der Waals surface area (Å²) in [6.45, 7) is 6.25. The summed E-state index contributed by atoms with van der Waals surface area (Å²) in [6, 6.07) is 7.75. The first-order valence-electron chi connectivity index (χ1n) is 6.47. The summed E-state index contributed by atoms with van der Waals surface area (Å²) in [5, 5.41) is 12.3. The van der Waals surface area contributed by atoms with Crippen LogP contribution in [0.15, 0.2) is 24.3 Å². The lowest BCUT2D eigenvalue weighted by atomic mass is 10.1. The van der Waals surface area contributed by atoms with E-state index in [9.17, 15) is 4.79 Å². The summed E-state index contributed by atoms with van der Waals surface area (Å²) in [5.74, 6) is -0.866. The lowest BCUT2D eigenvalue weighted by Gasteiger charge is -2.33. The van der Waals surface area contributed by atoms with E-state index in [2.05, 4.69) is 17.1 Å². The molecule has 1 aromatic rings. The molecule has 18 heavy (non-hydrogen) atoms. The van der Waals surface area contributed by atoms with Crippen molar-refractivity contribution >= 4 is 5.97 Å². The molecule has 1 aliphatic rings. The lowest BCUT2D eigenvalue weighted by Crippen LogP contribution is -2.49. The topological polar surface area (TPSA) is 52.6 Å². The fourth-order valence-electron chi connectivity index (χ4n) is 2.32. The van der Waals surface area contributed by atoms with Crippen molar-refractivity contribution in [2.75, 3.05) is 19.6 Å². The summed E-state index contributed by atoms with van der Waals surface area (Å²) in [4.78, 5) is 13.2. The number of carboxylic acid groups (broad SMARTS) is 1. The van der Waals surface area contributed by atoms with Crippen molar-refractivity contribution in [1.82, 2.24) is 10.2 Å². The minimum atomic E-state index is -0.866. The molecule has 0 saturated carbocycles. The van der Waals surface area contributed by atoms with Gasteiger partial charge in [-0.2, -0.15) is 0 Å². The van der Waals surface area contributed by atoms with Crippen molar-refractivity contribution in [3.05, 3.63) is 35.4 Å². The van der Waals surface area contributed by atoms with Crippen LogP contribution in [0, 0.1) is 0 Å². The van der Waals surface area contributed by atoms with Gasteiger partial charge in [0.05, 0.1) is 5.56 Å². The number of rotatable bonds is 4. The molecule has 1 atom stereocenters. The number of nitrogens with zero attached hydrogens (tertiary/aromatic N) is 1. The first-order valence-corrected chi connectivity index (χ1v) is 6.47. The monoisotopic (exact) mass is 248 g/mol. The maximum atomic E-state index is 10.8. The van der Waals surface area contributed by atoms with Gasteiger partial charge >= 0.3 is 5.97 Å². The van der Waals surface area contributed by atoms with E-state index in [0.29, 0.717) is 11.6 Å². The molecular weight excluding hydrogens is 228 g/mol. The first kappa shape index (κ1) is 13.1. The van der Waals surface area contributed by atoms with Gasteiger partial charge in [-0.1, -0.05) is 19.1 Å². The molecule has 2 N–H and O–H groups in total. The van der Waals surface area contributed by atoms with Gasteiger partial charge in [-0.3, -0.25) is 4.90 Å². The average molecular weight is 248 g/mol. The van der Waals surface area contributed by atoms with Crippen LogP contribution in [-0.2, 0) is 6.54 Å². The van der Waals surface area contributed by atoms with Crippen LogP contribution in [0.5, 0.6) is 0 Å². The standard InChI is InChI=1S/C14H20N2O2/c1-2-13-10-16(8-7-15-13)9-11-3-5-12(6-4-11)14(17)18/h3-6,13,15H,2,7-10H2,1H3,(H,17,18). The van der Waals surface area contributed by atoms with Gasteiger partial charge in [0.1, 0.15) is 0 Å². The molecule has 1 saturated heterocycles. The number of carboxylic acids is 1. The zero-order valence-electron chi connectivity index (χ0n) is 10.7. The number of aromatic carboxylic acids is 1. The van der Waals surface area contributed by atoms with Gasteiger partial charge in [0, 0.05) is 32.2 Å². The van der Waals surface area contributed by atoms with Gasteiger partial charge < -0.3 is 10.4 Å². The Morgan fingerprint density at radius 2 is 2.17 bits per heavy atom. The number of piperazine rings is 1.